The second-order valence-corrected chi connectivity index (χ2v) is 5.09. The SMILES string of the molecule is COCCCNC(=S)N(C)Cc1c(C)nn(C)c1C. The summed E-state index contributed by atoms with van der Waals surface area (Å²) in [6, 6.07) is 0. The molecule has 1 heterocycles. The standard InChI is InChI=1S/C13H24N4OS/c1-10-12(11(2)17(4)15-10)9-16(3)13(19)14-7-6-8-18-5/h6-9H2,1-5H3,(H,14,19). The highest BCUT2D eigenvalue weighted by Crippen LogP contribution is 2.13. The lowest BCUT2D eigenvalue weighted by atomic mass is 10.2. The second-order valence-electron chi connectivity index (χ2n) is 4.71. The van der Waals surface area contributed by atoms with Crippen LogP contribution in [0, 0.1) is 13.8 Å². The van der Waals surface area contributed by atoms with Crippen LogP contribution in [0.5, 0.6) is 0 Å². The monoisotopic (exact) mass is 284 g/mol. The molecule has 0 aromatic carbocycles. The van der Waals surface area contributed by atoms with Crippen LogP contribution in [0.1, 0.15) is 23.4 Å². The summed E-state index contributed by atoms with van der Waals surface area (Å²) in [6.07, 6.45) is 0.954. The van der Waals surface area contributed by atoms with Gasteiger partial charge in [-0.1, -0.05) is 0 Å². The first kappa shape index (κ1) is 15.9. The molecule has 1 aromatic heterocycles. The van der Waals surface area contributed by atoms with Gasteiger partial charge in [-0.25, -0.2) is 0 Å². The Labute approximate surface area is 120 Å². The number of nitrogens with zero attached hydrogens (tertiary/aromatic N) is 3. The maximum absolute atomic E-state index is 5.37. The van der Waals surface area contributed by atoms with Crippen LogP contribution < -0.4 is 5.32 Å². The highest BCUT2D eigenvalue weighted by Gasteiger charge is 2.13. The van der Waals surface area contributed by atoms with Gasteiger partial charge < -0.3 is 15.0 Å². The summed E-state index contributed by atoms with van der Waals surface area (Å²) in [5.41, 5.74) is 3.49. The van der Waals surface area contributed by atoms with Crippen LogP contribution in [0.3, 0.4) is 0 Å². The summed E-state index contributed by atoms with van der Waals surface area (Å²) >= 11 is 5.37. The lowest BCUT2D eigenvalue weighted by Gasteiger charge is -2.21. The van der Waals surface area contributed by atoms with Crippen molar-refractivity contribution in [3.63, 3.8) is 0 Å². The van der Waals surface area contributed by atoms with Crippen LogP contribution in [-0.2, 0) is 18.3 Å². The Kier molecular flexibility index (Phi) is 6.24. The van der Waals surface area contributed by atoms with Crippen LogP contribution in [0.2, 0.25) is 0 Å². The zero-order valence-electron chi connectivity index (χ0n) is 12.5. The van der Waals surface area contributed by atoms with E-state index in [2.05, 4.69) is 17.3 Å². The molecule has 6 heteroatoms. The number of methoxy groups -OCH3 is 1. The van der Waals surface area contributed by atoms with E-state index in [1.807, 2.05) is 30.6 Å². The summed E-state index contributed by atoms with van der Waals surface area (Å²) in [7, 11) is 5.67. The first-order valence-corrected chi connectivity index (χ1v) is 6.85. The average Bonchev–Trinajstić information content (AvgIpc) is 2.61. The molecule has 0 spiro atoms. The third kappa shape index (κ3) is 4.47. The van der Waals surface area contributed by atoms with Crippen LogP contribution in [0.4, 0.5) is 0 Å². The van der Waals surface area contributed by atoms with E-state index in [-0.39, 0.29) is 0 Å². The number of thiocarbonyl (C=S) groups is 1. The van der Waals surface area contributed by atoms with Crippen molar-refractivity contribution in [3.8, 4) is 0 Å². The Morgan fingerprint density at radius 1 is 1.47 bits per heavy atom. The fraction of sp³-hybridized carbons (Fsp3) is 0.692. The molecule has 19 heavy (non-hydrogen) atoms. The Morgan fingerprint density at radius 3 is 2.68 bits per heavy atom. The molecule has 0 bridgehead atoms. The molecule has 0 saturated carbocycles. The molecule has 0 aliphatic carbocycles. The summed E-state index contributed by atoms with van der Waals surface area (Å²) in [4.78, 5) is 2.04. The Bertz CT molecular complexity index is 431. The molecule has 0 amide bonds. The third-order valence-electron chi connectivity index (χ3n) is 3.20. The number of rotatable bonds is 6. The number of ether oxygens (including phenoxy) is 1. The first-order chi connectivity index (χ1) is 8.97. The van der Waals surface area contributed by atoms with Gasteiger partial charge in [0.2, 0.25) is 0 Å². The van der Waals surface area contributed by atoms with E-state index in [1.54, 1.807) is 7.11 Å². The summed E-state index contributed by atoms with van der Waals surface area (Å²) in [5.74, 6) is 0. The Morgan fingerprint density at radius 2 is 2.16 bits per heavy atom. The summed E-state index contributed by atoms with van der Waals surface area (Å²) in [5, 5.41) is 8.42. The molecule has 108 valence electrons. The molecule has 0 atom stereocenters. The van der Waals surface area contributed by atoms with E-state index >= 15 is 0 Å². The number of hydrogen-bond acceptors (Lipinski definition) is 3. The second kappa shape index (κ2) is 7.45. The van der Waals surface area contributed by atoms with Crippen molar-refractivity contribution in [2.24, 2.45) is 7.05 Å². The fourth-order valence-corrected chi connectivity index (χ4v) is 2.07. The van der Waals surface area contributed by atoms with E-state index < -0.39 is 0 Å². The maximum atomic E-state index is 5.37. The molecule has 0 fully saturated rings. The highest BCUT2D eigenvalue weighted by atomic mass is 32.1. The van der Waals surface area contributed by atoms with Crippen molar-refractivity contribution in [1.29, 1.82) is 0 Å². The minimum atomic E-state index is 0.750. The molecule has 0 aliphatic rings. The van der Waals surface area contributed by atoms with Crippen molar-refractivity contribution >= 4 is 17.3 Å². The van der Waals surface area contributed by atoms with Gasteiger partial charge in [0, 0.05) is 52.2 Å². The van der Waals surface area contributed by atoms with Crippen molar-refractivity contribution in [1.82, 2.24) is 20.0 Å². The van der Waals surface area contributed by atoms with Crippen LogP contribution in [0.25, 0.3) is 0 Å². The Hall–Kier alpha value is -1.14. The smallest absolute Gasteiger partial charge is 0.168 e. The van der Waals surface area contributed by atoms with Gasteiger partial charge in [0.25, 0.3) is 0 Å². The highest BCUT2D eigenvalue weighted by molar-refractivity contribution is 7.80. The molecule has 0 radical (unpaired) electrons. The van der Waals surface area contributed by atoms with Crippen molar-refractivity contribution in [3.05, 3.63) is 17.0 Å². The molecule has 0 saturated heterocycles. The van der Waals surface area contributed by atoms with Gasteiger partial charge in [-0.2, -0.15) is 5.10 Å². The molecule has 1 rings (SSSR count). The topological polar surface area (TPSA) is 42.3 Å². The zero-order chi connectivity index (χ0) is 14.4. The van der Waals surface area contributed by atoms with Crippen molar-refractivity contribution < 1.29 is 4.74 Å². The predicted molar refractivity (Wildman–Crippen MR) is 81.2 cm³/mol. The van der Waals surface area contributed by atoms with Crippen molar-refractivity contribution in [2.75, 3.05) is 27.3 Å². The zero-order valence-corrected chi connectivity index (χ0v) is 13.3. The molecular formula is C13H24N4OS. The summed E-state index contributed by atoms with van der Waals surface area (Å²) < 4.78 is 6.92. The molecular weight excluding hydrogens is 260 g/mol. The molecule has 1 aromatic rings. The van der Waals surface area contributed by atoms with Crippen molar-refractivity contribution in [2.45, 2.75) is 26.8 Å². The van der Waals surface area contributed by atoms with Crippen LogP contribution in [0.15, 0.2) is 0 Å². The van der Waals surface area contributed by atoms with E-state index in [1.165, 1.54) is 11.3 Å². The predicted octanol–water partition coefficient (Wildman–Crippen LogP) is 1.38. The van der Waals surface area contributed by atoms with Crippen LogP contribution >= 0.6 is 12.2 Å². The molecule has 5 nitrogen and oxygen atoms in total. The molecule has 0 unspecified atom stereocenters. The van der Waals surface area contributed by atoms with E-state index in [4.69, 9.17) is 17.0 Å². The molecule has 0 aliphatic heterocycles. The van der Waals surface area contributed by atoms with Gasteiger partial charge in [0.05, 0.1) is 5.69 Å². The lowest BCUT2D eigenvalue weighted by Crippen LogP contribution is -2.37. The van der Waals surface area contributed by atoms with E-state index in [9.17, 15) is 0 Å². The van der Waals surface area contributed by atoms with Gasteiger partial charge in [-0.3, -0.25) is 4.68 Å². The maximum Gasteiger partial charge on any atom is 0.168 e. The average molecular weight is 284 g/mol. The van der Waals surface area contributed by atoms with Gasteiger partial charge >= 0.3 is 0 Å². The number of aromatic nitrogens is 2. The summed E-state index contributed by atoms with van der Waals surface area (Å²) in [6.45, 7) is 6.48. The van der Waals surface area contributed by atoms with Gasteiger partial charge in [0.1, 0.15) is 0 Å². The van der Waals surface area contributed by atoms with E-state index in [0.717, 1.165) is 36.9 Å². The fourth-order valence-electron chi connectivity index (χ4n) is 1.90. The van der Waals surface area contributed by atoms with Gasteiger partial charge in [-0.15, -0.1) is 0 Å². The largest absolute Gasteiger partial charge is 0.385 e. The lowest BCUT2D eigenvalue weighted by molar-refractivity contribution is 0.195. The third-order valence-corrected chi connectivity index (χ3v) is 3.66. The molecule has 1 N–H and O–H groups in total. The normalized spacial score (nSPS) is 10.6. The number of nitrogens with one attached hydrogen (secondary N) is 1. The first-order valence-electron chi connectivity index (χ1n) is 6.44. The number of hydrogen-bond donors (Lipinski definition) is 1. The quantitative estimate of drug-likeness (QED) is 0.631. The minimum absolute atomic E-state index is 0.750. The van der Waals surface area contributed by atoms with Gasteiger partial charge in [0.15, 0.2) is 5.11 Å². The minimum Gasteiger partial charge on any atom is -0.385 e. The Balaban J connectivity index is 2.49. The van der Waals surface area contributed by atoms with E-state index in [0.29, 0.717) is 0 Å². The number of aryl methyl sites for hydroxylation is 2. The van der Waals surface area contributed by atoms with Gasteiger partial charge in [-0.05, 0) is 32.5 Å². The van der Waals surface area contributed by atoms with Crippen LogP contribution in [-0.4, -0.2) is 47.1 Å².